The Morgan fingerprint density at radius 1 is 1.33 bits per heavy atom. The van der Waals surface area contributed by atoms with Crippen molar-refractivity contribution in [3.8, 4) is 0 Å². The Morgan fingerprint density at radius 2 is 2.13 bits per heavy atom. The topological polar surface area (TPSA) is 26.3 Å². The normalized spacial score (nSPS) is 23.2. The number of carbonyl (C=O) groups is 1. The van der Waals surface area contributed by atoms with E-state index in [-0.39, 0.29) is 5.78 Å². The molecule has 1 aliphatic heterocycles. The van der Waals surface area contributed by atoms with E-state index in [0.717, 1.165) is 37.0 Å². The van der Waals surface area contributed by atoms with Crippen LogP contribution in [0.15, 0.2) is 22.9 Å². The Hall–Kier alpha value is -1.09. The van der Waals surface area contributed by atoms with Crippen molar-refractivity contribution in [3.05, 3.63) is 28.5 Å². The largest absolute Gasteiger partial charge is 0.478 e. The summed E-state index contributed by atoms with van der Waals surface area (Å²) >= 11 is 1.63. The highest BCUT2D eigenvalue weighted by Gasteiger charge is 2.46. The summed E-state index contributed by atoms with van der Waals surface area (Å²) in [6, 6.07) is 2.00. The van der Waals surface area contributed by atoms with Crippen molar-refractivity contribution in [1.82, 2.24) is 0 Å². The highest BCUT2D eigenvalue weighted by atomic mass is 32.1. The zero-order valence-electron chi connectivity index (χ0n) is 8.36. The van der Waals surface area contributed by atoms with Gasteiger partial charge in [0.05, 0.1) is 0 Å². The maximum Gasteiger partial charge on any atom is 0.202 e. The molecule has 0 saturated heterocycles. The Balaban J connectivity index is 1.91. The van der Waals surface area contributed by atoms with Crippen LogP contribution in [-0.2, 0) is 9.53 Å². The molecule has 0 unspecified atom stereocenters. The minimum atomic E-state index is -0.489. The van der Waals surface area contributed by atoms with Crippen molar-refractivity contribution in [1.29, 1.82) is 0 Å². The van der Waals surface area contributed by atoms with Crippen LogP contribution < -0.4 is 0 Å². The third-order valence-electron chi connectivity index (χ3n) is 3.23. The quantitative estimate of drug-likeness (QED) is 0.727. The van der Waals surface area contributed by atoms with Crippen LogP contribution in [0.5, 0.6) is 0 Å². The SMILES string of the molecule is O=C1C=C(c2ccsc2)OC12CCCC2. The summed E-state index contributed by atoms with van der Waals surface area (Å²) < 4.78 is 5.88. The van der Waals surface area contributed by atoms with Gasteiger partial charge >= 0.3 is 0 Å². The number of carbonyl (C=O) groups excluding carboxylic acids is 1. The zero-order valence-corrected chi connectivity index (χ0v) is 9.18. The lowest BCUT2D eigenvalue weighted by atomic mass is 9.98. The lowest BCUT2D eigenvalue weighted by Crippen LogP contribution is -2.32. The number of thiophene rings is 1. The lowest BCUT2D eigenvalue weighted by Gasteiger charge is -2.22. The van der Waals surface area contributed by atoms with E-state index in [1.54, 1.807) is 17.4 Å². The van der Waals surface area contributed by atoms with Gasteiger partial charge in [-0.2, -0.15) is 11.3 Å². The second-order valence-corrected chi connectivity index (χ2v) is 4.97. The van der Waals surface area contributed by atoms with E-state index in [9.17, 15) is 4.79 Å². The van der Waals surface area contributed by atoms with Gasteiger partial charge in [-0.05, 0) is 37.1 Å². The van der Waals surface area contributed by atoms with Gasteiger partial charge < -0.3 is 4.74 Å². The van der Waals surface area contributed by atoms with Gasteiger partial charge in [0, 0.05) is 17.0 Å². The molecule has 0 N–H and O–H groups in total. The summed E-state index contributed by atoms with van der Waals surface area (Å²) in [4.78, 5) is 11.9. The molecule has 0 radical (unpaired) electrons. The van der Waals surface area contributed by atoms with Crippen molar-refractivity contribution >= 4 is 22.9 Å². The molecule has 0 aromatic carbocycles. The third-order valence-corrected chi connectivity index (χ3v) is 3.92. The first-order valence-corrected chi connectivity index (χ1v) is 6.22. The summed E-state index contributed by atoms with van der Waals surface area (Å²) in [7, 11) is 0. The average molecular weight is 220 g/mol. The summed E-state index contributed by atoms with van der Waals surface area (Å²) in [5.74, 6) is 0.935. The first-order chi connectivity index (χ1) is 7.30. The lowest BCUT2D eigenvalue weighted by molar-refractivity contribution is -0.128. The number of hydrogen-bond acceptors (Lipinski definition) is 3. The minimum absolute atomic E-state index is 0.168. The van der Waals surface area contributed by atoms with Crippen LogP contribution in [0.4, 0.5) is 0 Å². The second-order valence-electron chi connectivity index (χ2n) is 4.19. The summed E-state index contributed by atoms with van der Waals surface area (Å²) in [5, 5.41) is 4.02. The van der Waals surface area contributed by atoms with Gasteiger partial charge in [0.2, 0.25) is 5.78 Å². The smallest absolute Gasteiger partial charge is 0.202 e. The Kier molecular flexibility index (Phi) is 1.96. The summed E-state index contributed by atoms with van der Waals surface area (Å²) in [5.41, 5.74) is 0.550. The third kappa shape index (κ3) is 1.34. The van der Waals surface area contributed by atoms with Gasteiger partial charge in [-0.3, -0.25) is 4.79 Å². The van der Waals surface area contributed by atoms with Gasteiger partial charge in [0.1, 0.15) is 5.76 Å². The van der Waals surface area contributed by atoms with E-state index >= 15 is 0 Å². The first-order valence-electron chi connectivity index (χ1n) is 5.28. The van der Waals surface area contributed by atoms with Crippen molar-refractivity contribution in [2.45, 2.75) is 31.3 Å². The molecular weight excluding hydrogens is 208 g/mol. The van der Waals surface area contributed by atoms with Crippen LogP contribution in [0.2, 0.25) is 0 Å². The zero-order chi connectivity index (χ0) is 10.3. The summed E-state index contributed by atoms with van der Waals surface area (Å²) in [6.07, 6.45) is 5.66. The molecule has 15 heavy (non-hydrogen) atoms. The van der Waals surface area contributed by atoms with E-state index in [1.165, 1.54) is 0 Å². The number of rotatable bonds is 1. The van der Waals surface area contributed by atoms with Crippen LogP contribution in [0, 0.1) is 0 Å². The molecule has 0 atom stereocenters. The van der Waals surface area contributed by atoms with E-state index < -0.39 is 5.60 Å². The monoisotopic (exact) mass is 220 g/mol. The molecule has 1 aromatic rings. The van der Waals surface area contributed by atoms with E-state index in [4.69, 9.17) is 4.74 Å². The average Bonchev–Trinajstić information content (AvgIpc) is 2.93. The van der Waals surface area contributed by atoms with E-state index in [0.29, 0.717) is 0 Å². The molecule has 1 saturated carbocycles. The van der Waals surface area contributed by atoms with Crippen molar-refractivity contribution in [3.63, 3.8) is 0 Å². The fraction of sp³-hybridized carbons (Fsp3) is 0.417. The van der Waals surface area contributed by atoms with Gasteiger partial charge in [-0.1, -0.05) is 0 Å². The van der Waals surface area contributed by atoms with Crippen LogP contribution in [0.1, 0.15) is 31.2 Å². The number of ether oxygens (including phenoxy) is 1. The first kappa shape index (κ1) is 9.16. The molecule has 1 aliphatic carbocycles. The molecule has 78 valence electrons. The van der Waals surface area contributed by atoms with Crippen LogP contribution in [0.3, 0.4) is 0 Å². The highest BCUT2D eigenvalue weighted by molar-refractivity contribution is 7.08. The highest BCUT2D eigenvalue weighted by Crippen LogP contribution is 2.42. The molecule has 1 spiro atoms. The standard InChI is InChI=1S/C12H12O2S/c13-11-7-10(9-3-6-15-8-9)14-12(11)4-1-2-5-12/h3,6-8H,1-2,4-5H2. The molecule has 2 nitrogen and oxygen atoms in total. The van der Waals surface area contributed by atoms with Gasteiger partial charge in [-0.25, -0.2) is 0 Å². The molecule has 1 aromatic heterocycles. The molecule has 1 fully saturated rings. The number of hydrogen-bond donors (Lipinski definition) is 0. The van der Waals surface area contributed by atoms with Crippen molar-refractivity contribution < 1.29 is 9.53 Å². The molecule has 3 rings (SSSR count). The second kappa shape index (κ2) is 3.20. The fourth-order valence-corrected chi connectivity index (χ4v) is 3.03. The molecule has 2 aliphatic rings. The fourth-order valence-electron chi connectivity index (χ4n) is 2.38. The summed E-state index contributed by atoms with van der Waals surface area (Å²) in [6.45, 7) is 0. The molecule has 0 bridgehead atoms. The van der Waals surface area contributed by atoms with Gasteiger partial charge in [0.15, 0.2) is 5.60 Å². The van der Waals surface area contributed by atoms with Crippen molar-refractivity contribution in [2.75, 3.05) is 0 Å². The van der Waals surface area contributed by atoms with Crippen LogP contribution in [-0.4, -0.2) is 11.4 Å². The molecule has 0 amide bonds. The van der Waals surface area contributed by atoms with Crippen molar-refractivity contribution in [2.24, 2.45) is 0 Å². The van der Waals surface area contributed by atoms with Gasteiger partial charge in [-0.15, -0.1) is 0 Å². The maximum absolute atomic E-state index is 11.9. The maximum atomic E-state index is 11.9. The Bertz CT molecular complexity index is 411. The van der Waals surface area contributed by atoms with E-state index in [1.807, 2.05) is 16.8 Å². The molecular formula is C12H12O2S. The minimum Gasteiger partial charge on any atom is -0.478 e. The number of ketones is 1. The molecule has 2 heterocycles. The predicted octanol–water partition coefficient (Wildman–Crippen LogP) is 3.00. The predicted molar refractivity (Wildman–Crippen MR) is 59.6 cm³/mol. The molecule has 3 heteroatoms. The van der Waals surface area contributed by atoms with E-state index in [2.05, 4.69) is 0 Å². The Labute approximate surface area is 92.6 Å². The van der Waals surface area contributed by atoms with Crippen LogP contribution >= 0.6 is 11.3 Å². The Morgan fingerprint density at radius 3 is 2.80 bits per heavy atom. The van der Waals surface area contributed by atoms with Gasteiger partial charge in [0.25, 0.3) is 0 Å². The van der Waals surface area contributed by atoms with Crippen LogP contribution in [0.25, 0.3) is 5.76 Å².